The van der Waals surface area contributed by atoms with E-state index in [0.29, 0.717) is 19.1 Å². The second-order valence-corrected chi connectivity index (χ2v) is 6.97. The van der Waals surface area contributed by atoms with Crippen molar-refractivity contribution in [2.75, 3.05) is 26.2 Å². The molecule has 5 nitrogen and oxygen atoms in total. The molecule has 1 fully saturated rings. The quantitative estimate of drug-likeness (QED) is 0.204. The molecule has 0 heterocycles. The normalized spacial score (nSPS) is 16.4. The van der Waals surface area contributed by atoms with Crippen molar-refractivity contribution in [3.8, 4) is 0 Å². The summed E-state index contributed by atoms with van der Waals surface area (Å²) >= 11 is 0. The van der Waals surface area contributed by atoms with Crippen molar-refractivity contribution < 1.29 is 9.84 Å². The van der Waals surface area contributed by atoms with Gasteiger partial charge in [0, 0.05) is 26.1 Å². The highest BCUT2D eigenvalue weighted by molar-refractivity contribution is 14.0. The van der Waals surface area contributed by atoms with Crippen molar-refractivity contribution in [2.24, 2.45) is 4.99 Å². The van der Waals surface area contributed by atoms with Gasteiger partial charge in [-0.05, 0) is 31.7 Å². The van der Waals surface area contributed by atoms with E-state index in [2.05, 4.69) is 15.6 Å². The summed E-state index contributed by atoms with van der Waals surface area (Å²) in [6.07, 6.45) is 8.01. The number of benzene rings is 1. The number of aliphatic hydroxyl groups excluding tert-OH is 1. The summed E-state index contributed by atoms with van der Waals surface area (Å²) in [5.74, 6) is 0.761. The number of rotatable bonds is 10. The van der Waals surface area contributed by atoms with Gasteiger partial charge in [-0.25, -0.2) is 0 Å². The predicted molar refractivity (Wildman–Crippen MR) is 123 cm³/mol. The van der Waals surface area contributed by atoms with Crippen LogP contribution < -0.4 is 10.6 Å². The zero-order valence-electron chi connectivity index (χ0n) is 16.5. The molecule has 1 atom stereocenters. The molecule has 6 heteroatoms. The number of hydrogen-bond acceptors (Lipinski definition) is 3. The number of nitrogens with zero attached hydrogens (tertiary/aromatic N) is 1. The molecule has 0 aromatic heterocycles. The number of aliphatic hydroxyl groups is 1. The molecule has 154 valence electrons. The number of guanidine groups is 1. The molecule has 27 heavy (non-hydrogen) atoms. The lowest BCUT2D eigenvalue weighted by molar-refractivity contribution is 0.0277. The van der Waals surface area contributed by atoms with Crippen LogP contribution >= 0.6 is 24.0 Å². The first-order chi connectivity index (χ1) is 12.8. The molecule has 0 aliphatic heterocycles. The molecular weight excluding hydrogens is 453 g/mol. The zero-order valence-corrected chi connectivity index (χ0v) is 18.9. The molecule has 0 saturated heterocycles. The van der Waals surface area contributed by atoms with Crippen molar-refractivity contribution in [2.45, 2.75) is 64.1 Å². The fraction of sp³-hybridized carbons (Fsp3) is 0.667. The van der Waals surface area contributed by atoms with Crippen LogP contribution in [0.3, 0.4) is 0 Å². The van der Waals surface area contributed by atoms with Gasteiger partial charge in [0.1, 0.15) is 0 Å². The Morgan fingerprint density at radius 1 is 1.19 bits per heavy atom. The largest absolute Gasteiger partial charge is 0.391 e. The molecule has 0 spiro atoms. The average Bonchev–Trinajstić information content (AvgIpc) is 2.67. The summed E-state index contributed by atoms with van der Waals surface area (Å²) in [4.78, 5) is 4.50. The van der Waals surface area contributed by atoms with E-state index in [1.54, 1.807) is 0 Å². The first-order valence-corrected chi connectivity index (χ1v) is 10.1. The van der Waals surface area contributed by atoms with Gasteiger partial charge in [-0.15, -0.1) is 24.0 Å². The fourth-order valence-corrected chi connectivity index (χ4v) is 3.25. The molecule has 1 aliphatic rings. The van der Waals surface area contributed by atoms with Gasteiger partial charge in [0.05, 0.1) is 18.8 Å². The summed E-state index contributed by atoms with van der Waals surface area (Å²) < 4.78 is 5.95. The molecular formula is C21H36IN3O2. The number of ether oxygens (including phenoxy) is 1. The molecule has 1 saturated carbocycles. The highest BCUT2D eigenvalue weighted by Gasteiger charge is 2.13. The zero-order chi connectivity index (χ0) is 18.5. The Morgan fingerprint density at radius 2 is 1.93 bits per heavy atom. The predicted octanol–water partition coefficient (Wildman–Crippen LogP) is 3.50. The van der Waals surface area contributed by atoms with Crippen LogP contribution in [0.5, 0.6) is 0 Å². The highest BCUT2D eigenvalue weighted by Crippen LogP contribution is 2.20. The Labute approximate surface area is 181 Å². The van der Waals surface area contributed by atoms with Gasteiger partial charge < -0.3 is 20.5 Å². The molecule has 0 bridgehead atoms. The maximum Gasteiger partial charge on any atom is 0.191 e. The summed E-state index contributed by atoms with van der Waals surface area (Å²) in [7, 11) is 0. The fourth-order valence-electron chi connectivity index (χ4n) is 3.25. The molecule has 0 amide bonds. The molecule has 2 rings (SSSR count). The maximum atomic E-state index is 10.2. The molecule has 1 aromatic rings. The molecule has 3 N–H and O–H groups in total. The summed E-state index contributed by atoms with van der Waals surface area (Å²) in [6.45, 7) is 4.87. The van der Waals surface area contributed by atoms with E-state index in [9.17, 15) is 5.11 Å². The van der Waals surface area contributed by atoms with Crippen LogP contribution in [-0.4, -0.2) is 49.5 Å². The van der Waals surface area contributed by atoms with Gasteiger partial charge in [0.15, 0.2) is 5.96 Å². The molecule has 1 aromatic carbocycles. The van der Waals surface area contributed by atoms with Crippen LogP contribution in [0.2, 0.25) is 0 Å². The average molecular weight is 489 g/mol. The van der Waals surface area contributed by atoms with E-state index in [1.165, 1.54) is 32.1 Å². The van der Waals surface area contributed by atoms with Gasteiger partial charge in [0.2, 0.25) is 0 Å². The van der Waals surface area contributed by atoms with Crippen LogP contribution in [0, 0.1) is 0 Å². The third-order valence-corrected chi connectivity index (χ3v) is 4.64. The van der Waals surface area contributed by atoms with Crippen LogP contribution in [0.25, 0.3) is 0 Å². The minimum absolute atomic E-state index is 0. The molecule has 0 radical (unpaired) electrons. The van der Waals surface area contributed by atoms with Crippen molar-refractivity contribution >= 4 is 29.9 Å². The number of halogens is 1. The minimum atomic E-state index is -0.470. The Morgan fingerprint density at radius 3 is 2.63 bits per heavy atom. The maximum absolute atomic E-state index is 10.2. The number of nitrogens with one attached hydrogen (secondary N) is 2. The lowest BCUT2D eigenvalue weighted by atomic mass is 9.98. The number of aliphatic imine (C=N–C) groups is 1. The van der Waals surface area contributed by atoms with E-state index in [-0.39, 0.29) is 24.0 Å². The third kappa shape index (κ3) is 10.9. The van der Waals surface area contributed by atoms with Crippen LogP contribution in [0.4, 0.5) is 0 Å². The van der Waals surface area contributed by atoms with Crippen molar-refractivity contribution in [1.29, 1.82) is 0 Å². The monoisotopic (exact) mass is 489 g/mol. The van der Waals surface area contributed by atoms with Crippen LogP contribution in [0.15, 0.2) is 35.3 Å². The van der Waals surface area contributed by atoms with E-state index < -0.39 is 6.10 Å². The van der Waals surface area contributed by atoms with E-state index in [1.807, 2.05) is 37.3 Å². The Kier molecular flexibility index (Phi) is 13.5. The minimum Gasteiger partial charge on any atom is -0.391 e. The summed E-state index contributed by atoms with van der Waals surface area (Å²) in [6, 6.07) is 10.0. The van der Waals surface area contributed by atoms with Gasteiger partial charge >= 0.3 is 0 Å². The van der Waals surface area contributed by atoms with Gasteiger partial charge in [-0.3, -0.25) is 4.99 Å². The van der Waals surface area contributed by atoms with Crippen LogP contribution in [0.1, 0.15) is 51.0 Å². The van der Waals surface area contributed by atoms with Gasteiger partial charge in [-0.1, -0.05) is 49.6 Å². The summed E-state index contributed by atoms with van der Waals surface area (Å²) in [5, 5.41) is 16.7. The summed E-state index contributed by atoms with van der Waals surface area (Å²) in [5.41, 5.74) is 1.13. The van der Waals surface area contributed by atoms with E-state index in [4.69, 9.17) is 4.74 Å². The highest BCUT2D eigenvalue weighted by atomic mass is 127. The first-order valence-electron chi connectivity index (χ1n) is 10.1. The van der Waals surface area contributed by atoms with Crippen molar-refractivity contribution in [1.82, 2.24) is 10.6 Å². The first kappa shape index (κ1) is 24.2. The standard InChI is InChI=1S/C21H35N3O2.HI/c1-2-22-21(23-14-9-15-26-20-12-7-4-8-13-20)24-17-19(25)16-18-10-5-3-6-11-18;/h3,5-6,10-11,19-20,25H,2,4,7-9,12-17H2,1H3,(H2,22,23,24);1H. The van der Waals surface area contributed by atoms with Gasteiger partial charge in [-0.2, -0.15) is 0 Å². The SMILES string of the molecule is CCNC(=NCC(O)Cc1ccccc1)NCCCOC1CCCCC1.I. The molecule has 1 aliphatic carbocycles. The van der Waals surface area contributed by atoms with Gasteiger partial charge in [0.25, 0.3) is 0 Å². The van der Waals surface area contributed by atoms with Crippen molar-refractivity contribution in [3.63, 3.8) is 0 Å². The third-order valence-electron chi connectivity index (χ3n) is 4.64. The lowest BCUT2D eigenvalue weighted by Gasteiger charge is -2.22. The molecule has 1 unspecified atom stereocenters. The second-order valence-electron chi connectivity index (χ2n) is 6.97. The number of hydrogen-bond donors (Lipinski definition) is 3. The lowest BCUT2D eigenvalue weighted by Crippen LogP contribution is -2.38. The van der Waals surface area contributed by atoms with E-state index >= 15 is 0 Å². The smallest absolute Gasteiger partial charge is 0.191 e. The second kappa shape index (κ2) is 15.1. The topological polar surface area (TPSA) is 65.9 Å². The Hall–Kier alpha value is -0.860. The Bertz CT molecular complexity index is 507. The van der Waals surface area contributed by atoms with Crippen LogP contribution in [-0.2, 0) is 11.2 Å². The van der Waals surface area contributed by atoms with E-state index in [0.717, 1.165) is 37.6 Å². The Balaban J connectivity index is 0.00000364. The van der Waals surface area contributed by atoms with Crippen molar-refractivity contribution in [3.05, 3.63) is 35.9 Å².